The number of hydrogen-bond donors (Lipinski definition) is 5. The molecule has 0 radical (unpaired) electrons. The number of imidazole rings is 1. The Bertz CT molecular complexity index is 820. The van der Waals surface area contributed by atoms with Crippen molar-refractivity contribution in [2.24, 2.45) is 5.84 Å². The highest BCUT2D eigenvalue weighted by molar-refractivity contribution is 7.96. The van der Waals surface area contributed by atoms with Gasteiger partial charge in [0.2, 0.25) is 0 Å². The number of anilines is 1. The van der Waals surface area contributed by atoms with Crippen molar-refractivity contribution in [2.45, 2.75) is 24.5 Å². The van der Waals surface area contributed by atoms with E-state index in [4.69, 9.17) is 21.4 Å². The summed E-state index contributed by atoms with van der Waals surface area (Å²) in [6, 6.07) is 0. The Morgan fingerprint density at radius 1 is 1.37 bits per heavy atom. The third kappa shape index (κ3) is 3.91. The molecule has 0 saturated carbocycles. The molecule has 1 aliphatic heterocycles. The van der Waals surface area contributed by atoms with Gasteiger partial charge in [0.05, 0.1) is 19.1 Å². The number of carbonyl (C=O) groups is 1. The minimum Gasteiger partial charge on any atom is -0.464 e. The Morgan fingerprint density at radius 3 is 2.81 bits per heavy atom. The van der Waals surface area contributed by atoms with Crippen LogP contribution in [0.2, 0.25) is 0 Å². The number of rotatable bonds is 6. The molecule has 3 heterocycles. The molecule has 0 aromatic carbocycles. The van der Waals surface area contributed by atoms with Gasteiger partial charge in [-0.25, -0.2) is 30.6 Å². The molecule has 13 heteroatoms. The SMILES string of the molecule is C[S+](CCN(N)C(=O)O)C[C@H]1O[C@@H](n2cnc3c(N)ncnc32)[C@H](O)[C@@H]1O. The fourth-order valence-corrected chi connectivity index (χ4v) is 4.38. The second-order valence-corrected chi connectivity index (χ2v) is 8.56. The molecule has 1 unspecified atom stereocenters. The predicted molar refractivity (Wildman–Crippen MR) is 97.6 cm³/mol. The molecule has 0 aliphatic carbocycles. The van der Waals surface area contributed by atoms with E-state index < -0.39 is 30.6 Å². The van der Waals surface area contributed by atoms with Crippen molar-refractivity contribution in [3.05, 3.63) is 12.7 Å². The quantitative estimate of drug-likeness (QED) is 0.159. The highest BCUT2D eigenvalue weighted by Gasteiger charge is 2.46. The van der Waals surface area contributed by atoms with Crippen molar-refractivity contribution < 1.29 is 24.9 Å². The maximum Gasteiger partial charge on any atom is 0.421 e. The lowest BCUT2D eigenvalue weighted by atomic mass is 10.1. The molecule has 1 amide bonds. The van der Waals surface area contributed by atoms with E-state index in [0.29, 0.717) is 22.7 Å². The van der Waals surface area contributed by atoms with Gasteiger partial charge in [0, 0.05) is 0 Å². The topological polar surface area (TPSA) is 186 Å². The van der Waals surface area contributed by atoms with Gasteiger partial charge in [-0.15, -0.1) is 0 Å². The molecule has 0 bridgehead atoms. The average Bonchev–Trinajstić information content (AvgIpc) is 3.17. The van der Waals surface area contributed by atoms with Crippen LogP contribution >= 0.6 is 0 Å². The number of fused-ring (bicyclic) bond motifs is 1. The average molecular weight is 400 g/mol. The summed E-state index contributed by atoms with van der Waals surface area (Å²) < 4.78 is 7.39. The van der Waals surface area contributed by atoms with Gasteiger partial charge < -0.3 is 25.8 Å². The van der Waals surface area contributed by atoms with Gasteiger partial charge in [0.1, 0.15) is 41.7 Å². The molecule has 2 aromatic rings. The van der Waals surface area contributed by atoms with Crippen molar-refractivity contribution in [3.8, 4) is 0 Å². The number of carboxylic acid groups (broad SMARTS) is 1. The first-order valence-electron chi connectivity index (χ1n) is 8.08. The molecule has 5 atom stereocenters. The zero-order valence-corrected chi connectivity index (χ0v) is 15.4. The standard InChI is InChI=1S/C14H21N7O5S/c1-27(3-2-21(16)14(24)25)4-7-9(22)10(23)13(26-7)20-6-19-8-11(15)17-5-18-12(8)20/h5-7,9-10,13,22-23H,2-4,16H2,1H3,(H2-,15,17,18,24,25)/p+1/t7-,9-,10-,13-,27?/m1/s1. The zero-order chi connectivity index (χ0) is 19.7. The maximum absolute atomic E-state index is 10.7. The molecular formula is C14H22N7O5S+. The molecular weight excluding hydrogens is 378 g/mol. The van der Waals surface area contributed by atoms with E-state index in [1.165, 1.54) is 17.2 Å². The van der Waals surface area contributed by atoms with Crippen LogP contribution in [0.3, 0.4) is 0 Å². The zero-order valence-electron chi connectivity index (χ0n) is 14.5. The summed E-state index contributed by atoms with van der Waals surface area (Å²) in [5.41, 5.74) is 6.55. The van der Waals surface area contributed by atoms with E-state index in [9.17, 15) is 15.0 Å². The number of aromatic nitrogens is 4. The number of aliphatic hydroxyl groups excluding tert-OH is 2. The van der Waals surface area contributed by atoms with Gasteiger partial charge in [0.15, 0.2) is 17.7 Å². The van der Waals surface area contributed by atoms with Crippen LogP contribution in [0, 0.1) is 0 Å². The van der Waals surface area contributed by atoms with Crippen LogP contribution < -0.4 is 11.6 Å². The summed E-state index contributed by atoms with van der Waals surface area (Å²) in [6.45, 7) is 0.173. The molecule has 27 heavy (non-hydrogen) atoms. The van der Waals surface area contributed by atoms with Gasteiger partial charge in [0.25, 0.3) is 0 Å². The monoisotopic (exact) mass is 400 g/mol. The first-order chi connectivity index (χ1) is 12.8. The number of aliphatic hydroxyl groups is 2. The van der Waals surface area contributed by atoms with Crippen molar-refractivity contribution in [2.75, 3.05) is 30.0 Å². The number of nitrogens with two attached hydrogens (primary N) is 2. The largest absolute Gasteiger partial charge is 0.464 e. The molecule has 1 saturated heterocycles. The highest BCUT2D eigenvalue weighted by Crippen LogP contribution is 2.32. The Kier molecular flexibility index (Phi) is 5.67. The lowest BCUT2D eigenvalue weighted by molar-refractivity contribution is -0.0290. The normalized spacial score (nSPS) is 26.4. The van der Waals surface area contributed by atoms with Crippen LogP contribution in [0.5, 0.6) is 0 Å². The second kappa shape index (κ2) is 7.82. The molecule has 1 aliphatic rings. The molecule has 3 rings (SSSR count). The second-order valence-electron chi connectivity index (χ2n) is 6.26. The fourth-order valence-electron chi connectivity index (χ4n) is 2.87. The van der Waals surface area contributed by atoms with Crippen molar-refractivity contribution in [1.82, 2.24) is 24.5 Å². The van der Waals surface area contributed by atoms with Gasteiger partial charge >= 0.3 is 6.09 Å². The third-order valence-corrected chi connectivity index (χ3v) is 6.15. The molecule has 0 spiro atoms. The Labute approximate surface area is 157 Å². The number of hydrazine groups is 1. The van der Waals surface area contributed by atoms with E-state index in [2.05, 4.69) is 15.0 Å². The van der Waals surface area contributed by atoms with E-state index in [1.54, 1.807) is 0 Å². The lowest BCUT2D eigenvalue weighted by Crippen LogP contribution is -2.41. The Hall–Kier alpha value is -2.19. The first kappa shape index (κ1) is 19.6. The minimum atomic E-state index is -1.20. The van der Waals surface area contributed by atoms with Crippen LogP contribution in [0.4, 0.5) is 10.6 Å². The van der Waals surface area contributed by atoms with Crippen molar-refractivity contribution in [1.29, 1.82) is 0 Å². The van der Waals surface area contributed by atoms with E-state index in [1.807, 2.05) is 6.26 Å². The summed E-state index contributed by atoms with van der Waals surface area (Å²) in [6.07, 6.45) is -0.323. The number of amides is 1. The van der Waals surface area contributed by atoms with Gasteiger partial charge in [-0.2, -0.15) is 0 Å². The van der Waals surface area contributed by atoms with Crippen LogP contribution in [0.25, 0.3) is 11.2 Å². The molecule has 148 valence electrons. The third-order valence-electron chi connectivity index (χ3n) is 4.37. The number of nitrogens with zero attached hydrogens (tertiary/aromatic N) is 5. The van der Waals surface area contributed by atoms with Crippen LogP contribution in [-0.2, 0) is 15.6 Å². The minimum absolute atomic E-state index is 0.173. The molecule has 7 N–H and O–H groups in total. The van der Waals surface area contributed by atoms with Gasteiger partial charge in [-0.05, 0) is 10.9 Å². The van der Waals surface area contributed by atoms with E-state index >= 15 is 0 Å². The summed E-state index contributed by atoms with van der Waals surface area (Å²) in [4.78, 5) is 22.9. The summed E-state index contributed by atoms with van der Waals surface area (Å²) in [5, 5.41) is 30.3. The number of hydrogen-bond acceptors (Lipinski definition) is 9. The maximum atomic E-state index is 10.7. The van der Waals surface area contributed by atoms with Crippen molar-refractivity contribution >= 4 is 34.0 Å². The smallest absolute Gasteiger partial charge is 0.421 e. The Balaban J connectivity index is 1.68. The summed E-state index contributed by atoms with van der Waals surface area (Å²) >= 11 is 0. The van der Waals surface area contributed by atoms with E-state index in [-0.39, 0.29) is 23.3 Å². The fraction of sp³-hybridized carbons (Fsp3) is 0.571. The predicted octanol–water partition coefficient (Wildman–Crippen LogP) is -1.87. The summed E-state index contributed by atoms with van der Waals surface area (Å²) in [5.74, 6) is 6.54. The van der Waals surface area contributed by atoms with Gasteiger partial charge in [-0.3, -0.25) is 4.57 Å². The van der Waals surface area contributed by atoms with E-state index in [0.717, 1.165) is 5.01 Å². The summed E-state index contributed by atoms with van der Waals surface area (Å²) in [7, 11) is -0.277. The highest BCUT2D eigenvalue weighted by atomic mass is 32.2. The van der Waals surface area contributed by atoms with Crippen LogP contribution in [0.15, 0.2) is 12.7 Å². The lowest BCUT2D eigenvalue weighted by Gasteiger charge is -2.16. The number of ether oxygens (including phenoxy) is 1. The van der Waals surface area contributed by atoms with Crippen LogP contribution in [0.1, 0.15) is 6.23 Å². The van der Waals surface area contributed by atoms with Crippen LogP contribution in [-0.4, -0.2) is 88.6 Å². The molecule has 1 fully saturated rings. The number of nitrogen functional groups attached to an aromatic ring is 1. The molecule has 2 aromatic heterocycles. The Morgan fingerprint density at radius 2 is 2.11 bits per heavy atom. The molecule has 12 nitrogen and oxygen atoms in total. The van der Waals surface area contributed by atoms with Crippen molar-refractivity contribution in [3.63, 3.8) is 0 Å². The van der Waals surface area contributed by atoms with Gasteiger partial charge in [-0.1, -0.05) is 0 Å². The first-order valence-corrected chi connectivity index (χ1v) is 10.1.